The van der Waals surface area contributed by atoms with Crippen molar-refractivity contribution in [2.75, 3.05) is 12.8 Å². The lowest BCUT2D eigenvalue weighted by atomic mass is 10.3. The van der Waals surface area contributed by atoms with Gasteiger partial charge in [0.05, 0.1) is 5.69 Å². The summed E-state index contributed by atoms with van der Waals surface area (Å²) in [6, 6.07) is 4.75. The van der Waals surface area contributed by atoms with E-state index in [1.807, 2.05) is 7.05 Å². The Morgan fingerprint density at radius 1 is 1.42 bits per heavy atom. The second-order valence-corrected chi connectivity index (χ2v) is 6.63. The Bertz CT molecular complexity index is 696. The summed E-state index contributed by atoms with van der Waals surface area (Å²) < 4.78 is 27.4. The van der Waals surface area contributed by atoms with Crippen molar-refractivity contribution < 1.29 is 8.42 Å². The lowest BCUT2D eigenvalue weighted by molar-refractivity contribution is 0.588. The molecule has 7 nitrogen and oxygen atoms in total. The Labute approximate surface area is 115 Å². The number of benzene rings is 1. The van der Waals surface area contributed by atoms with E-state index >= 15 is 0 Å². The van der Waals surface area contributed by atoms with Gasteiger partial charge in [0.1, 0.15) is 11.2 Å². The number of rotatable bonds is 4. The van der Waals surface area contributed by atoms with Gasteiger partial charge in [0.25, 0.3) is 0 Å². The monoisotopic (exact) mass is 299 g/mol. The molecule has 0 saturated heterocycles. The predicted molar refractivity (Wildman–Crippen MR) is 72.2 cm³/mol. The first-order valence-electron chi connectivity index (χ1n) is 5.29. The van der Waals surface area contributed by atoms with Gasteiger partial charge in [-0.3, -0.25) is 0 Å². The first-order valence-corrected chi connectivity index (χ1v) is 7.59. The summed E-state index contributed by atoms with van der Waals surface area (Å²) in [6.45, 7) is 0. The van der Waals surface area contributed by atoms with E-state index in [2.05, 4.69) is 14.9 Å². The van der Waals surface area contributed by atoms with E-state index in [0.717, 1.165) is 4.90 Å². The Morgan fingerprint density at radius 2 is 2.16 bits per heavy atom. The number of nitrogen functional groups attached to an aromatic ring is 1. The van der Waals surface area contributed by atoms with Crippen LogP contribution >= 0.6 is 11.8 Å². The van der Waals surface area contributed by atoms with Crippen LogP contribution in [0.25, 0.3) is 0 Å². The van der Waals surface area contributed by atoms with Gasteiger partial charge in [-0.25, -0.2) is 13.1 Å². The van der Waals surface area contributed by atoms with Gasteiger partial charge in [-0.1, -0.05) is 0 Å². The van der Waals surface area contributed by atoms with Crippen molar-refractivity contribution in [1.82, 2.24) is 19.5 Å². The molecule has 1 heterocycles. The van der Waals surface area contributed by atoms with Crippen molar-refractivity contribution in [2.24, 2.45) is 7.05 Å². The molecule has 2 rings (SSSR count). The maximum Gasteiger partial charge on any atom is 0.242 e. The number of aryl methyl sites for hydroxylation is 1. The van der Waals surface area contributed by atoms with Crippen LogP contribution in [-0.2, 0) is 17.1 Å². The zero-order chi connectivity index (χ0) is 14.0. The molecule has 1 aromatic carbocycles. The number of nitrogens with one attached hydrogen (secondary N) is 1. The first kappa shape index (κ1) is 13.8. The number of nitrogens with zero attached hydrogens (tertiary/aromatic N) is 3. The van der Waals surface area contributed by atoms with Crippen LogP contribution in [0.15, 0.2) is 39.5 Å². The summed E-state index contributed by atoms with van der Waals surface area (Å²) in [6.07, 6.45) is 1.59. The first-order chi connectivity index (χ1) is 8.94. The van der Waals surface area contributed by atoms with E-state index in [9.17, 15) is 8.42 Å². The highest BCUT2D eigenvalue weighted by Gasteiger charge is 2.16. The van der Waals surface area contributed by atoms with Crippen molar-refractivity contribution in [3.8, 4) is 0 Å². The van der Waals surface area contributed by atoms with Gasteiger partial charge in [-0.2, -0.15) is 0 Å². The Hall–Kier alpha value is -1.58. The van der Waals surface area contributed by atoms with E-state index in [-0.39, 0.29) is 10.6 Å². The molecule has 0 amide bonds. The molecule has 0 aliphatic carbocycles. The van der Waals surface area contributed by atoms with Crippen LogP contribution in [0.3, 0.4) is 0 Å². The van der Waals surface area contributed by atoms with E-state index < -0.39 is 10.0 Å². The van der Waals surface area contributed by atoms with Gasteiger partial charge < -0.3 is 10.3 Å². The van der Waals surface area contributed by atoms with Crippen LogP contribution in [0.1, 0.15) is 0 Å². The minimum atomic E-state index is -3.53. The van der Waals surface area contributed by atoms with Crippen molar-refractivity contribution >= 4 is 27.5 Å². The average molecular weight is 299 g/mol. The van der Waals surface area contributed by atoms with Gasteiger partial charge >= 0.3 is 0 Å². The average Bonchev–Trinajstić information content (AvgIpc) is 2.75. The number of anilines is 1. The Morgan fingerprint density at radius 3 is 2.68 bits per heavy atom. The van der Waals surface area contributed by atoms with Crippen LogP contribution in [-0.4, -0.2) is 30.2 Å². The third kappa shape index (κ3) is 2.88. The number of sulfonamides is 1. The molecule has 0 bridgehead atoms. The van der Waals surface area contributed by atoms with Crippen molar-refractivity contribution in [3.63, 3.8) is 0 Å². The highest BCUT2D eigenvalue weighted by Crippen LogP contribution is 2.29. The fraction of sp³-hybridized carbons (Fsp3) is 0.200. The van der Waals surface area contributed by atoms with E-state index in [1.54, 1.807) is 23.0 Å². The molecule has 3 N–H and O–H groups in total. The largest absolute Gasteiger partial charge is 0.398 e. The van der Waals surface area contributed by atoms with Gasteiger partial charge in [0.2, 0.25) is 10.0 Å². The van der Waals surface area contributed by atoms with Crippen LogP contribution in [0.4, 0.5) is 5.69 Å². The smallest absolute Gasteiger partial charge is 0.242 e. The maximum atomic E-state index is 11.7. The molecular weight excluding hydrogens is 286 g/mol. The number of aromatic nitrogens is 3. The van der Waals surface area contributed by atoms with Crippen LogP contribution in [0, 0.1) is 0 Å². The minimum Gasteiger partial charge on any atom is -0.398 e. The summed E-state index contributed by atoms with van der Waals surface area (Å²) in [5.41, 5.74) is 5.97. The second kappa shape index (κ2) is 5.19. The minimum absolute atomic E-state index is 0.0670. The molecule has 0 spiro atoms. The summed E-state index contributed by atoms with van der Waals surface area (Å²) >= 11 is 1.36. The molecule has 0 unspecified atom stereocenters. The summed E-state index contributed by atoms with van der Waals surface area (Å²) in [5.74, 6) is 0. The number of hydrogen-bond acceptors (Lipinski definition) is 6. The molecule has 19 heavy (non-hydrogen) atoms. The van der Waals surface area contributed by atoms with Gasteiger partial charge in [0, 0.05) is 11.9 Å². The SMILES string of the molecule is CNS(=O)(=O)c1ccc(Sc2nncn2C)cc1N. The van der Waals surface area contributed by atoms with Gasteiger partial charge in [-0.15, -0.1) is 10.2 Å². The molecule has 0 aliphatic rings. The molecule has 9 heteroatoms. The summed E-state index contributed by atoms with van der Waals surface area (Å²) in [5, 5.41) is 8.40. The third-order valence-electron chi connectivity index (χ3n) is 2.42. The molecular formula is C10H13N5O2S2. The lowest BCUT2D eigenvalue weighted by Crippen LogP contribution is -2.19. The van der Waals surface area contributed by atoms with Crippen LogP contribution < -0.4 is 10.5 Å². The quantitative estimate of drug-likeness (QED) is 0.795. The van der Waals surface area contributed by atoms with Crippen molar-refractivity contribution in [3.05, 3.63) is 24.5 Å². The topological polar surface area (TPSA) is 103 Å². The fourth-order valence-corrected chi connectivity index (χ4v) is 3.06. The van der Waals surface area contributed by atoms with Crippen LogP contribution in [0.2, 0.25) is 0 Å². The summed E-state index contributed by atoms with van der Waals surface area (Å²) in [4.78, 5) is 0.862. The van der Waals surface area contributed by atoms with E-state index in [1.165, 1.54) is 24.9 Å². The standard InChI is InChI=1S/C10H13N5O2S2/c1-12-19(16,17)9-4-3-7(5-8(9)11)18-10-14-13-6-15(10)2/h3-6,12H,11H2,1-2H3. The lowest BCUT2D eigenvalue weighted by Gasteiger charge is -2.08. The molecule has 0 radical (unpaired) electrons. The molecule has 102 valence electrons. The van der Waals surface area contributed by atoms with Gasteiger partial charge in [0.15, 0.2) is 5.16 Å². The zero-order valence-corrected chi connectivity index (χ0v) is 12.0. The van der Waals surface area contributed by atoms with E-state index in [0.29, 0.717) is 5.16 Å². The third-order valence-corrected chi connectivity index (χ3v) is 4.95. The number of nitrogens with two attached hydrogens (primary N) is 1. The molecule has 2 aromatic rings. The van der Waals surface area contributed by atoms with Crippen molar-refractivity contribution in [2.45, 2.75) is 14.9 Å². The highest BCUT2D eigenvalue weighted by atomic mass is 32.2. The Balaban J connectivity index is 2.32. The second-order valence-electron chi connectivity index (χ2n) is 3.73. The van der Waals surface area contributed by atoms with Crippen molar-refractivity contribution in [1.29, 1.82) is 0 Å². The molecule has 0 atom stereocenters. The maximum absolute atomic E-state index is 11.7. The van der Waals surface area contributed by atoms with E-state index in [4.69, 9.17) is 5.73 Å². The normalized spacial score (nSPS) is 11.7. The molecule has 0 aliphatic heterocycles. The van der Waals surface area contributed by atoms with Gasteiger partial charge in [-0.05, 0) is 37.0 Å². The van der Waals surface area contributed by atoms with Crippen LogP contribution in [0.5, 0.6) is 0 Å². The highest BCUT2D eigenvalue weighted by molar-refractivity contribution is 7.99. The zero-order valence-electron chi connectivity index (χ0n) is 10.4. The molecule has 0 fully saturated rings. The Kier molecular flexibility index (Phi) is 3.78. The number of hydrogen-bond donors (Lipinski definition) is 2. The summed E-state index contributed by atoms with van der Waals surface area (Å²) in [7, 11) is -0.364. The molecule has 0 saturated carbocycles. The predicted octanol–water partition coefficient (Wildman–Crippen LogP) is 0.457. The fourth-order valence-electron chi connectivity index (χ4n) is 1.42. The molecule has 1 aromatic heterocycles.